The standard InChI is InChI=1S/C17H15ClO5S/c18-12-8-6-11(7-9-12)14-15(17(14,10-19)16(20)21)24(22,23)13-4-2-1-3-5-13/h1-9,14-15,19H,10H2,(H,20,21)/t14-,15-,17-/m0/s1. The Kier molecular flexibility index (Phi) is 4.15. The SMILES string of the molecule is O=C(O)[C@@]1(CO)[C@@H](c2ccc(Cl)cc2)[C@@H]1S(=O)(=O)c1ccccc1. The Hall–Kier alpha value is -1.89. The molecule has 3 rings (SSSR count). The minimum Gasteiger partial charge on any atom is -0.481 e. The molecule has 0 amide bonds. The quantitative estimate of drug-likeness (QED) is 0.847. The third-order valence-corrected chi connectivity index (χ3v) is 7.09. The summed E-state index contributed by atoms with van der Waals surface area (Å²) in [5.74, 6) is -2.16. The fourth-order valence-corrected chi connectivity index (χ4v) is 5.78. The van der Waals surface area contributed by atoms with Crippen LogP contribution >= 0.6 is 11.6 Å². The highest BCUT2D eigenvalue weighted by atomic mass is 35.5. The van der Waals surface area contributed by atoms with E-state index < -0.39 is 39.0 Å². The fourth-order valence-electron chi connectivity index (χ4n) is 3.27. The maximum Gasteiger partial charge on any atom is 0.314 e. The lowest BCUT2D eigenvalue weighted by molar-refractivity contribution is -0.145. The predicted octanol–water partition coefficient (Wildman–Crippen LogP) is 2.34. The average molecular weight is 367 g/mol. The Bertz CT molecular complexity index is 864. The van der Waals surface area contributed by atoms with E-state index in [-0.39, 0.29) is 4.90 Å². The molecule has 2 N–H and O–H groups in total. The van der Waals surface area contributed by atoms with Gasteiger partial charge in [0.25, 0.3) is 0 Å². The molecule has 0 aliphatic heterocycles. The van der Waals surface area contributed by atoms with E-state index in [9.17, 15) is 23.4 Å². The van der Waals surface area contributed by atoms with Gasteiger partial charge in [0.15, 0.2) is 9.84 Å². The molecule has 0 radical (unpaired) electrons. The zero-order chi connectivity index (χ0) is 17.5. The van der Waals surface area contributed by atoms with E-state index in [1.807, 2.05) is 0 Å². The molecular formula is C17H15ClO5S. The fraction of sp³-hybridized carbons (Fsp3) is 0.235. The van der Waals surface area contributed by atoms with Gasteiger partial charge >= 0.3 is 5.97 Å². The zero-order valence-corrected chi connectivity index (χ0v) is 14.0. The topological polar surface area (TPSA) is 91.7 Å². The van der Waals surface area contributed by atoms with E-state index in [1.54, 1.807) is 42.5 Å². The second-order valence-electron chi connectivity index (χ2n) is 5.81. The van der Waals surface area contributed by atoms with Crippen molar-refractivity contribution in [3.63, 3.8) is 0 Å². The molecule has 5 nitrogen and oxygen atoms in total. The summed E-state index contributed by atoms with van der Waals surface area (Å²) >= 11 is 5.84. The first-order chi connectivity index (χ1) is 11.4. The molecule has 24 heavy (non-hydrogen) atoms. The van der Waals surface area contributed by atoms with Crippen LogP contribution in [0.4, 0.5) is 0 Å². The summed E-state index contributed by atoms with van der Waals surface area (Å²) in [6.07, 6.45) is 0. The van der Waals surface area contributed by atoms with Gasteiger partial charge in [0, 0.05) is 10.9 Å². The largest absolute Gasteiger partial charge is 0.481 e. The molecular weight excluding hydrogens is 352 g/mol. The van der Waals surface area contributed by atoms with Crippen LogP contribution in [0.3, 0.4) is 0 Å². The Balaban J connectivity index is 2.11. The third-order valence-electron chi connectivity index (χ3n) is 4.55. The van der Waals surface area contributed by atoms with Crippen LogP contribution in [-0.2, 0) is 14.6 Å². The van der Waals surface area contributed by atoms with E-state index in [1.165, 1.54) is 12.1 Å². The number of sulfone groups is 1. The molecule has 0 bridgehead atoms. The highest BCUT2D eigenvalue weighted by Crippen LogP contribution is 2.64. The molecule has 0 aromatic heterocycles. The molecule has 7 heteroatoms. The highest BCUT2D eigenvalue weighted by molar-refractivity contribution is 7.92. The summed E-state index contributed by atoms with van der Waals surface area (Å²) in [5.41, 5.74) is -1.22. The lowest BCUT2D eigenvalue weighted by Crippen LogP contribution is -2.27. The van der Waals surface area contributed by atoms with E-state index in [2.05, 4.69) is 0 Å². The van der Waals surface area contributed by atoms with Crippen molar-refractivity contribution < 1.29 is 23.4 Å². The Labute approximate surface area is 144 Å². The number of aliphatic carboxylic acids is 1. The van der Waals surface area contributed by atoms with Crippen LogP contribution in [0.5, 0.6) is 0 Å². The van der Waals surface area contributed by atoms with Gasteiger partial charge in [-0.2, -0.15) is 0 Å². The second kappa shape index (κ2) is 5.88. The third kappa shape index (κ3) is 2.42. The van der Waals surface area contributed by atoms with Crippen LogP contribution in [0, 0.1) is 5.41 Å². The number of hydrogen-bond donors (Lipinski definition) is 2. The number of rotatable bonds is 5. The van der Waals surface area contributed by atoms with Crippen LogP contribution in [-0.4, -0.2) is 36.5 Å². The van der Waals surface area contributed by atoms with Gasteiger partial charge in [-0.1, -0.05) is 41.9 Å². The van der Waals surface area contributed by atoms with Gasteiger partial charge < -0.3 is 10.2 Å². The molecule has 2 aromatic rings. The van der Waals surface area contributed by atoms with Crippen molar-refractivity contribution in [3.05, 3.63) is 65.2 Å². The van der Waals surface area contributed by atoms with E-state index in [4.69, 9.17) is 11.6 Å². The van der Waals surface area contributed by atoms with Crippen molar-refractivity contribution in [2.75, 3.05) is 6.61 Å². The maximum absolute atomic E-state index is 12.9. The summed E-state index contributed by atoms with van der Waals surface area (Å²) in [7, 11) is -3.91. The van der Waals surface area contributed by atoms with Crippen molar-refractivity contribution in [2.45, 2.75) is 16.1 Å². The van der Waals surface area contributed by atoms with Gasteiger partial charge in [-0.3, -0.25) is 4.79 Å². The van der Waals surface area contributed by atoms with Crippen LogP contribution < -0.4 is 0 Å². The first-order valence-corrected chi connectivity index (χ1v) is 9.17. The first kappa shape index (κ1) is 17.0. The molecule has 1 aliphatic rings. The van der Waals surface area contributed by atoms with Crippen molar-refractivity contribution >= 4 is 27.4 Å². The summed E-state index contributed by atoms with van der Waals surface area (Å²) in [5, 5.41) is 18.6. The number of halogens is 1. The van der Waals surface area contributed by atoms with Crippen molar-refractivity contribution in [1.29, 1.82) is 0 Å². The molecule has 0 spiro atoms. The molecule has 1 fully saturated rings. The average Bonchev–Trinajstić information content (AvgIpc) is 3.28. The molecule has 126 valence electrons. The summed E-state index contributed by atoms with van der Waals surface area (Å²) < 4.78 is 25.8. The lowest BCUT2D eigenvalue weighted by atomic mass is 10.0. The van der Waals surface area contributed by atoms with Crippen molar-refractivity contribution in [3.8, 4) is 0 Å². The number of carboxylic acids is 1. The van der Waals surface area contributed by atoms with Gasteiger partial charge in [-0.25, -0.2) is 8.42 Å². The second-order valence-corrected chi connectivity index (χ2v) is 8.32. The smallest absolute Gasteiger partial charge is 0.314 e. The molecule has 1 aliphatic carbocycles. The first-order valence-electron chi connectivity index (χ1n) is 7.24. The molecule has 3 atom stereocenters. The van der Waals surface area contributed by atoms with Crippen LogP contribution in [0.15, 0.2) is 59.5 Å². The summed E-state index contributed by atoms with van der Waals surface area (Å²) in [6, 6.07) is 14.0. The van der Waals surface area contributed by atoms with Crippen LogP contribution in [0.2, 0.25) is 5.02 Å². The number of hydrogen-bond acceptors (Lipinski definition) is 4. The Morgan fingerprint density at radius 3 is 2.17 bits per heavy atom. The molecule has 2 aromatic carbocycles. The van der Waals surface area contributed by atoms with Crippen molar-refractivity contribution in [1.82, 2.24) is 0 Å². The summed E-state index contributed by atoms with van der Waals surface area (Å²) in [4.78, 5) is 11.8. The zero-order valence-electron chi connectivity index (χ0n) is 12.5. The Morgan fingerprint density at radius 1 is 1.08 bits per heavy atom. The normalized spacial score (nSPS) is 26.1. The molecule has 0 unspecified atom stereocenters. The predicted molar refractivity (Wildman–Crippen MR) is 88.8 cm³/mol. The number of aliphatic hydroxyl groups excluding tert-OH is 1. The minimum atomic E-state index is -3.91. The van der Waals surface area contributed by atoms with E-state index in [0.29, 0.717) is 10.6 Å². The van der Waals surface area contributed by atoms with Gasteiger partial charge in [0.2, 0.25) is 0 Å². The number of benzene rings is 2. The van der Waals surface area contributed by atoms with E-state index in [0.717, 1.165) is 0 Å². The lowest BCUT2D eigenvalue weighted by Gasteiger charge is -2.09. The van der Waals surface area contributed by atoms with Gasteiger partial charge in [0.05, 0.1) is 16.8 Å². The number of aliphatic hydroxyl groups is 1. The maximum atomic E-state index is 12.9. The number of carboxylic acid groups (broad SMARTS) is 1. The van der Waals surface area contributed by atoms with Gasteiger partial charge in [0.1, 0.15) is 5.41 Å². The van der Waals surface area contributed by atoms with Crippen LogP contribution in [0.1, 0.15) is 11.5 Å². The minimum absolute atomic E-state index is 0.0468. The molecule has 0 heterocycles. The van der Waals surface area contributed by atoms with Crippen molar-refractivity contribution in [2.24, 2.45) is 5.41 Å². The highest BCUT2D eigenvalue weighted by Gasteiger charge is 2.75. The van der Waals surface area contributed by atoms with Gasteiger partial charge in [-0.05, 0) is 29.8 Å². The van der Waals surface area contributed by atoms with Crippen LogP contribution in [0.25, 0.3) is 0 Å². The molecule has 1 saturated carbocycles. The Morgan fingerprint density at radius 2 is 1.67 bits per heavy atom. The number of carbonyl (C=O) groups is 1. The molecule has 0 saturated heterocycles. The summed E-state index contributed by atoms with van der Waals surface area (Å²) in [6.45, 7) is -0.758. The van der Waals surface area contributed by atoms with E-state index >= 15 is 0 Å². The monoisotopic (exact) mass is 366 g/mol. The van der Waals surface area contributed by atoms with Gasteiger partial charge in [-0.15, -0.1) is 0 Å².